The predicted molar refractivity (Wildman–Crippen MR) is 82.0 cm³/mol. The molecule has 0 N–H and O–H groups in total. The summed E-state index contributed by atoms with van der Waals surface area (Å²) in [7, 11) is -3.76. The van der Waals surface area contributed by atoms with Gasteiger partial charge in [-0.2, -0.15) is 4.31 Å². The van der Waals surface area contributed by atoms with Gasteiger partial charge in [0.05, 0.1) is 50.5 Å². The van der Waals surface area contributed by atoms with Gasteiger partial charge in [0.1, 0.15) is 0 Å². The van der Waals surface area contributed by atoms with Crippen molar-refractivity contribution in [1.29, 1.82) is 0 Å². The molecule has 1 aromatic rings. The van der Waals surface area contributed by atoms with Crippen molar-refractivity contribution in [2.45, 2.75) is 4.90 Å². The Morgan fingerprint density at radius 2 is 1.33 bits per heavy atom. The second-order valence-corrected chi connectivity index (χ2v) is 6.99. The van der Waals surface area contributed by atoms with Crippen molar-refractivity contribution < 1.29 is 32.5 Å². The maximum absolute atomic E-state index is 12.7. The number of hydrogen-bond acceptors (Lipinski definition) is 7. The molecule has 0 radical (unpaired) electrons. The summed E-state index contributed by atoms with van der Waals surface area (Å²) in [6.45, 7) is 2.45. The van der Waals surface area contributed by atoms with Gasteiger partial charge in [0.15, 0.2) is 0 Å². The Bertz CT molecular complexity index is 618. The van der Waals surface area contributed by atoms with Gasteiger partial charge in [-0.25, -0.2) is 8.42 Å². The van der Waals surface area contributed by atoms with Crippen LogP contribution >= 0.6 is 0 Å². The molecule has 1 heterocycles. The number of ether oxygens (including phenoxy) is 3. The van der Waals surface area contributed by atoms with Gasteiger partial charge in [-0.3, -0.25) is 0 Å². The Labute approximate surface area is 141 Å². The van der Waals surface area contributed by atoms with Crippen LogP contribution in [0.1, 0.15) is 10.4 Å². The van der Waals surface area contributed by atoms with Gasteiger partial charge < -0.3 is 24.1 Å². The molecule has 24 heavy (non-hydrogen) atoms. The molecule has 0 unspecified atom stereocenters. The third kappa shape index (κ3) is 5.25. The quantitative estimate of drug-likeness (QED) is 0.690. The third-order valence-electron chi connectivity index (χ3n) is 3.44. The van der Waals surface area contributed by atoms with E-state index in [2.05, 4.69) is 0 Å². The number of carbonyl (C=O) groups is 1. The van der Waals surface area contributed by atoms with Crippen molar-refractivity contribution in [3.05, 3.63) is 29.8 Å². The largest absolute Gasteiger partial charge is 0.545 e. The van der Waals surface area contributed by atoms with Crippen LogP contribution in [0.15, 0.2) is 29.2 Å². The highest BCUT2D eigenvalue weighted by molar-refractivity contribution is 7.89. The molecule has 0 bridgehead atoms. The highest BCUT2D eigenvalue weighted by Crippen LogP contribution is 2.16. The van der Waals surface area contributed by atoms with Crippen molar-refractivity contribution >= 4 is 16.0 Å². The number of rotatable bonds is 3. The van der Waals surface area contributed by atoms with E-state index < -0.39 is 16.0 Å². The van der Waals surface area contributed by atoms with Crippen LogP contribution in [0.25, 0.3) is 0 Å². The Hall–Kier alpha value is -1.52. The molecular weight excluding hydrogens is 338 g/mol. The zero-order chi connectivity index (χ0) is 17.4. The van der Waals surface area contributed by atoms with Gasteiger partial charge in [-0.05, 0) is 17.7 Å². The zero-order valence-corrected chi connectivity index (χ0v) is 14.0. The van der Waals surface area contributed by atoms with Gasteiger partial charge in [0.2, 0.25) is 10.0 Å². The topological polar surface area (TPSA) is 105 Å². The van der Waals surface area contributed by atoms with Crippen LogP contribution in [-0.4, -0.2) is 71.4 Å². The Morgan fingerprint density at radius 1 is 0.875 bits per heavy atom. The molecule has 0 amide bonds. The number of sulfonamides is 1. The fourth-order valence-corrected chi connectivity index (χ4v) is 3.55. The second kappa shape index (κ2) is 9.09. The van der Waals surface area contributed by atoms with Crippen LogP contribution in [0.4, 0.5) is 0 Å². The summed E-state index contributed by atoms with van der Waals surface area (Å²) >= 11 is 0. The highest BCUT2D eigenvalue weighted by Gasteiger charge is 2.24. The van der Waals surface area contributed by atoms with E-state index in [0.29, 0.717) is 26.4 Å². The van der Waals surface area contributed by atoms with E-state index in [-0.39, 0.29) is 36.8 Å². The molecule has 0 saturated carbocycles. The minimum absolute atomic E-state index is 0.0166. The van der Waals surface area contributed by atoms with Crippen molar-refractivity contribution in [2.75, 3.05) is 52.7 Å². The lowest BCUT2D eigenvalue weighted by molar-refractivity contribution is -0.255. The van der Waals surface area contributed by atoms with Gasteiger partial charge in [0, 0.05) is 13.1 Å². The summed E-state index contributed by atoms with van der Waals surface area (Å²) in [5, 5.41) is 10.8. The van der Waals surface area contributed by atoms with E-state index in [0.717, 1.165) is 0 Å². The molecule has 0 atom stereocenters. The van der Waals surface area contributed by atoms with Gasteiger partial charge >= 0.3 is 0 Å². The number of carbonyl (C=O) groups excluding carboxylic acids is 1. The van der Waals surface area contributed by atoms with Crippen LogP contribution in [-0.2, 0) is 24.2 Å². The average Bonchev–Trinajstić information content (AvgIpc) is 2.55. The molecule has 1 aromatic carbocycles. The molecule has 0 aromatic heterocycles. The fourth-order valence-electron chi connectivity index (χ4n) is 2.14. The number of nitrogens with zero attached hydrogens (tertiary/aromatic N) is 1. The molecule has 1 saturated heterocycles. The first kappa shape index (κ1) is 18.8. The molecule has 0 aliphatic carbocycles. The van der Waals surface area contributed by atoms with Crippen LogP contribution in [0.5, 0.6) is 0 Å². The molecule has 134 valence electrons. The van der Waals surface area contributed by atoms with Crippen molar-refractivity contribution in [3.8, 4) is 0 Å². The Morgan fingerprint density at radius 3 is 1.79 bits per heavy atom. The highest BCUT2D eigenvalue weighted by atomic mass is 32.2. The normalized spacial score (nSPS) is 19.2. The fraction of sp³-hybridized carbons (Fsp3) is 0.533. The van der Waals surface area contributed by atoms with Crippen LogP contribution in [0.3, 0.4) is 0 Å². The van der Waals surface area contributed by atoms with E-state index in [1.165, 1.54) is 28.6 Å². The van der Waals surface area contributed by atoms with Crippen LogP contribution in [0, 0.1) is 0 Å². The summed E-state index contributed by atoms with van der Waals surface area (Å²) in [5.74, 6) is -1.35. The van der Waals surface area contributed by atoms with E-state index in [1.807, 2.05) is 0 Å². The number of carboxylic acids is 1. The smallest absolute Gasteiger partial charge is 0.243 e. The number of aromatic carboxylic acids is 1. The lowest BCUT2D eigenvalue weighted by Gasteiger charge is -2.23. The maximum Gasteiger partial charge on any atom is 0.243 e. The molecule has 1 aliphatic heterocycles. The SMILES string of the molecule is O=C([O-])c1ccc(S(=O)(=O)N2CCOCCOCCOCC2)cc1. The number of benzene rings is 1. The van der Waals surface area contributed by atoms with E-state index in [1.54, 1.807) is 0 Å². The lowest BCUT2D eigenvalue weighted by Crippen LogP contribution is -2.37. The van der Waals surface area contributed by atoms with Crippen molar-refractivity contribution in [3.63, 3.8) is 0 Å². The predicted octanol–water partition coefficient (Wildman–Crippen LogP) is -0.896. The third-order valence-corrected chi connectivity index (χ3v) is 5.35. The number of hydrogen-bond donors (Lipinski definition) is 0. The molecule has 9 heteroatoms. The zero-order valence-electron chi connectivity index (χ0n) is 13.2. The molecule has 1 fully saturated rings. The Kier molecular flexibility index (Phi) is 7.13. The Balaban J connectivity index is 2.11. The summed E-state index contributed by atoms with van der Waals surface area (Å²) < 4.78 is 42.7. The van der Waals surface area contributed by atoms with Gasteiger partial charge in [-0.1, -0.05) is 12.1 Å². The molecule has 1 aliphatic rings. The average molecular weight is 358 g/mol. The standard InChI is InChI=1S/C15H21NO7S/c17-15(18)13-1-3-14(4-2-13)24(19,20)16-5-7-21-9-11-23-12-10-22-8-6-16/h1-4H,5-12H2,(H,17,18)/p-1. The van der Waals surface area contributed by atoms with Gasteiger partial charge in [-0.15, -0.1) is 0 Å². The minimum Gasteiger partial charge on any atom is -0.545 e. The number of carboxylic acid groups (broad SMARTS) is 1. The van der Waals surface area contributed by atoms with Gasteiger partial charge in [0.25, 0.3) is 0 Å². The monoisotopic (exact) mass is 358 g/mol. The van der Waals surface area contributed by atoms with Crippen molar-refractivity contribution in [2.24, 2.45) is 0 Å². The van der Waals surface area contributed by atoms with Crippen LogP contribution in [0.2, 0.25) is 0 Å². The maximum atomic E-state index is 12.7. The summed E-state index contributed by atoms with van der Waals surface area (Å²) in [4.78, 5) is 10.8. The van der Waals surface area contributed by atoms with E-state index >= 15 is 0 Å². The van der Waals surface area contributed by atoms with E-state index in [4.69, 9.17) is 14.2 Å². The first-order chi connectivity index (χ1) is 11.5. The van der Waals surface area contributed by atoms with Crippen LogP contribution < -0.4 is 5.11 Å². The first-order valence-electron chi connectivity index (χ1n) is 7.56. The molecule has 2 rings (SSSR count). The first-order valence-corrected chi connectivity index (χ1v) is 9.00. The second-order valence-electron chi connectivity index (χ2n) is 5.05. The molecule has 8 nitrogen and oxygen atoms in total. The summed E-state index contributed by atoms with van der Waals surface area (Å²) in [6.07, 6.45) is 0. The summed E-state index contributed by atoms with van der Waals surface area (Å²) in [5.41, 5.74) is -0.0747. The van der Waals surface area contributed by atoms with E-state index in [9.17, 15) is 18.3 Å². The molecule has 0 spiro atoms. The van der Waals surface area contributed by atoms with Crippen molar-refractivity contribution in [1.82, 2.24) is 4.31 Å². The molecular formula is C15H20NO7S-. The lowest BCUT2D eigenvalue weighted by atomic mass is 10.2. The summed E-state index contributed by atoms with van der Waals surface area (Å²) in [6, 6.07) is 4.93. The minimum atomic E-state index is -3.76.